The number of methoxy groups -OCH3 is 1. The van der Waals surface area contributed by atoms with Gasteiger partial charge in [-0.2, -0.15) is 0 Å². The van der Waals surface area contributed by atoms with E-state index in [1.807, 2.05) is 33.8 Å². The Morgan fingerprint density at radius 1 is 1.05 bits per heavy atom. The van der Waals surface area contributed by atoms with Crippen molar-refractivity contribution in [2.45, 2.75) is 80.6 Å². The second kappa shape index (κ2) is 11.3. The summed E-state index contributed by atoms with van der Waals surface area (Å²) in [6.45, 7) is 23.1. The van der Waals surface area contributed by atoms with Crippen LogP contribution in [0.15, 0.2) is 12.6 Å². The van der Waals surface area contributed by atoms with Crippen LogP contribution in [-0.2, 0) is 18.3 Å². The molecular weight excluding hydrogens is 268 g/mol. The quantitative estimate of drug-likeness (QED) is 0.593. The third-order valence-electron chi connectivity index (χ3n) is 3.42. The van der Waals surface area contributed by atoms with E-state index in [4.69, 9.17) is 4.74 Å². The summed E-state index contributed by atoms with van der Waals surface area (Å²) in [6.07, 6.45) is 3.99. The maximum Gasteiger partial charge on any atom is 0.130 e. The summed E-state index contributed by atoms with van der Waals surface area (Å²) >= 11 is 0. The first kappa shape index (κ1) is 23.0. The first-order valence-corrected chi connectivity index (χ1v) is 8.76. The predicted octanol–water partition coefficient (Wildman–Crippen LogP) is 6.81. The van der Waals surface area contributed by atoms with Gasteiger partial charge in [0.2, 0.25) is 0 Å². The molecule has 128 valence electrons. The van der Waals surface area contributed by atoms with Gasteiger partial charge in [0.25, 0.3) is 0 Å². The minimum Gasteiger partial charge on any atom is -0.496 e. The van der Waals surface area contributed by atoms with Crippen molar-refractivity contribution in [3.8, 4) is 5.75 Å². The second-order valence-corrected chi connectivity index (χ2v) is 5.67. The zero-order chi connectivity index (χ0) is 17.9. The van der Waals surface area contributed by atoms with Crippen LogP contribution in [0.1, 0.15) is 84.6 Å². The largest absolute Gasteiger partial charge is 0.496 e. The minimum atomic E-state index is 0.0830. The lowest BCUT2D eigenvalue weighted by Gasteiger charge is -2.28. The van der Waals surface area contributed by atoms with Gasteiger partial charge in [-0.1, -0.05) is 75.0 Å². The highest BCUT2D eigenvalue weighted by Gasteiger charge is 2.25. The fourth-order valence-corrected chi connectivity index (χ4v) is 2.67. The molecule has 0 aliphatic rings. The van der Waals surface area contributed by atoms with E-state index in [0.717, 1.165) is 24.2 Å². The smallest absolute Gasteiger partial charge is 0.130 e. The van der Waals surface area contributed by atoms with Crippen LogP contribution in [-0.4, -0.2) is 7.11 Å². The van der Waals surface area contributed by atoms with Crippen molar-refractivity contribution in [3.63, 3.8) is 0 Å². The van der Waals surface area contributed by atoms with E-state index in [9.17, 15) is 0 Å². The summed E-state index contributed by atoms with van der Waals surface area (Å²) in [5.74, 6) is 0.992. The second-order valence-electron chi connectivity index (χ2n) is 5.67. The van der Waals surface area contributed by atoms with Crippen LogP contribution in [0.4, 0.5) is 0 Å². The molecular formula is C21H38O. The van der Waals surface area contributed by atoms with E-state index >= 15 is 0 Å². The first-order chi connectivity index (χ1) is 10.4. The third-order valence-corrected chi connectivity index (χ3v) is 3.42. The van der Waals surface area contributed by atoms with Crippen LogP contribution in [0.3, 0.4) is 0 Å². The predicted molar refractivity (Wildman–Crippen MR) is 103 cm³/mol. The Hall–Kier alpha value is -1.24. The number of rotatable bonds is 4. The number of hydrogen-bond acceptors (Lipinski definition) is 1. The lowest BCUT2D eigenvalue weighted by molar-refractivity contribution is 0.395. The lowest BCUT2D eigenvalue weighted by atomic mass is 9.79. The van der Waals surface area contributed by atoms with E-state index in [2.05, 4.69) is 47.3 Å². The molecule has 0 amide bonds. The fourth-order valence-electron chi connectivity index (χ4n) is 2.67. The van der Waals surface area contributed by atoms with Crippen LogP contribution in [0.2, 0.25) is 0 Å². The highest BCUT2D eigenvalue weighted by molar-refractivity contribution is 5.64. The van der Waals surface area contributed by atoms with Gasteiger partial charge >= 0.3 is 0 Å². The summed E-state index contributed by atoms with van der Waals surface area (Å²) in [6, 6.07) is 2.22. The van der Waals surface area contributed by atoms with Gasteiger partial charge in [-0.05, 0) is 35.4 Å². The van der Waals surface area contributed by atoms with E-state index < -0.39 is 0 Å². The minimum absolute atomic E-state index is 0.0830. The molecule has 0 saturated carbocycles. The number of hydrogen-bond donors (Lipinski definition) is 0. The molecule has 1 heteroatoms. The van der Waals surface area contributed by atoms with Crippen molar-refractivity contribution in [1.82, 2.24) is 0 Å². The molecule has 0 aliphatic carbocycles. The molecule has 0 atom stereocenters. The van der Waals surface area contributed by atoms with Crippen LogP contribution in [0.5, 0.6) is 5.75 Å². The zero-order valence-corrected chi connectivity index (χ0v) is 16.7. The van der Waals surface area contributed by atoms with Gasteiger partial charge in [0, 0.05) is 11.1 Å². The summed E-state index contributed by atoms with van der Waals surface area (Å²) in [7, 11) is 1.75. The van der Waals surface area contributed by atoms with Crippen LogP contribution in [0.25, 0.3) is 6.08 Å². The van der Waals surface area contributed by atoms with Crippen molar-refractivity contribution in [1.29, 1.82) is 0 Å². The Balaban J connectivity index is 0. The van der Waals surface area contributed by atoms with Crippen molar-refractivity contribution < 1.29 is 4.74 Å². The van der Waals surface area contributed by atoms with Gasteiger partial charge in [-0.15, -0.1) is 0 Å². The molecule has 22 heavy (non-hydrogen) atoms. The van der Waals surface area contributed by atoms with Crippen molar-refractivity contribution >= 4 is 6.08 Å². The van der Waals surface area contributed by atoms with Crippen molar-refractivity contribution in [2.75, 3.05) is 7.11 Å². The topological polar surface area (TPSA) is 9.23 Å². The molecule has 1 rings (SSSR count). The molecule has 0 bridgehead atoms. The van der Waals surface area contributed by atoms with E-state index in [0.29, 0.717) is 0 Å². The molecule has 0 aliphatic heterocycles. The van der Waals surface area contributed by atoms with Gasteiger partial charge < -0.3 is 4.74 Å². The fraction of sp³-hybridized carbons (Fsp3) is 0.619. The standard InChI is InChI=1S/C17H26O.2C2H6/c1-8-12-11-13(9-2)16(18-7)15(14(12)10-3)17(4,5)6;2*1-2/h9,11H,2,8,10H2,1,3-7H3;2*1-2H3. The van der Waals surface area contributed by atoms with Crippen LogP contribution >= 0.6 is 0 Å². The number of benzene rings is 1. The SMILES string of the molecule is C=Cc1cc(CC)c(CC)c(C(C)(C)C)c1OC.CC.CC. The monoisotopic (exact) mass is 306 g/mol. The maximum atomic E-state index is 5.66. The van der Waals surface area contributed by atoms with Crippen molar-refractivity contribution in [3.05, 3.63) is 34.9 Å². The van der Waals surface area contributed by atoms with E-state index in [-0.39, 0.29) is 5.41 Å². The molecule has 0 N–H and O–H groups in total. The highest BCUT2D eigenvalue weighted by Crippen LogP contribution is 2.39. The van der Waals surface area contributed by atoms with Gasteiger partial charge in [0.15, 0.2) is 0 Å². The Morgan fingerprint density at radius 3 is 1.82 bits per heavy atom. The summed E-state index contributed by atoms with van der Waals surface area (Å²) in [5.41, 5.74) is 5.38. The lowest BCUT2D eigenvalue weighted by Crippen LogP contribution is -2.18. The first-order valence-electron chi connectivity index (χ1n) is 8.76. The normalized spacial score (nSPS) is 9.91. The summed E-state index contributed by atoms with van der Waals surface area (Å²) in [5, 5.41) is 0. The molecule has 0 spiro atoms. The average molecular weight is 307 g/mol. The average Bonchev–Trinajstić information content (AvgIpc) is 2.55. The molecule has 0 aromatic heterocycles. The number of aryl methyl sites for hydroxylation is 1. The summed E-state index contributed by atoms with van der Waals surface area (Å²) in [4.78, 5) is 0. The van der Waals surface area contributed by atoms with Gasteiger partial charge in [0.05, 0.1) is 7.11 Å². The Bertz CT molecular complexity index is 436. The Kier molecular flexibility index (Phi) is 11.9. The molecule has 1 aromatic rings. The molecule has 0 saturated heterocycles. The molecule has 0 fully saturated rings. The van der Waals surface area contributed by atoms with E-state index in [1.54, 1.807) is 7.11 Å². The maximum absolute atomic E-state index is 5.66. The zero-order valence-electron chi connectivity index (χ0n) is 16.7. The van der Waals surface area contributed by atoms with Gasteiger partial charge in [0.1, 0.15) is 5.75 Å². The van der Waals surface area contributed by atoms with Crippen LogP contribution < -0.4 is 4.74 Å². The molecule has 0 radical (unpaired) electrons. The van der Waals surface area contributed by atoms with Gasteiger partial charge in [-0.25, -0.2) is 0 Å². The number of ether oxygens (including phenoxy) is 1. The summed E-state index contributed by atoms with van der Waals surface area (Å²) < 4.78 is 5.66. The van der Waals surface area contributed by atoms with E-state index in [1.165, 1.54) is 16.7 Å². The van der Waals surface area contributed by atoms with Crippen LogP contribution in [0, 0.1) is 0 Å². The Labute approximate surface area is 139 Å². The molecule has 1 aromatic carbocycles. The molecule has 1 nitrogen and oxygen atoms in total. The third kappa shape index (κ3) is 5.51. The van der Waals surface area contributed by atoms with Gasteiger partial charge in [-0.3, -0.25) is 0 Å². The highest BCUT2D eigenvalue weighted by atomic mass is 16.5. The van der Waals surface area contributed by atoms with Crippen molar-refractivity contribution in [2.24, 2.45) is 0 Å². The Morgan fingerprint density at radius 2 is 1.55 bits per heavy atom. The molecule has 0 unspecified atom stereocenters. The molecule has 0 heterocycles.